The summed E-state index contributed by atoms with van der Waals surface area (Å²) in [5.41, 5.74) is 2.25. The Morgan fingerprint density at radius 3 is 2.61 bits per heavy atom. The molecule has 0 bridgehead atoms. The Kier molecular flexibility index (Phi) is 3.38. The molecule has 0 amide bonds. The van der Waals surface area contributed by atoms with Crippen LogP contribution in [0.15, 0.2) is 30.5 Å². The van der Waals surface area contributed by atoms with Gasteiger partial charge in [0.2, 0.25) is 0 Å². The number of hydrogen-bond donors (Lipinski definition) is 2. The van der Waals surface area contributed by atoms with Crippen LogP contribution in [0.25, 0.3) is 11.3 Å². The molecule has 18 heavy (non-hydrogen) atoms. The number of benzene rings is 1. The lowest BCUT2D eigenvalue weighted by Gasteiger charge is -2.04. The molecule has 2 N–H and O–H groups in total. The highest BCUT2D eigenvalue weighted by Crippen LogP contribution is 2.19. The summed E-state index contributed by atoms with van der Waals surface area (Å²) in [5.74, 6) is -0.962. The smallest absolute Gasteiger partial charge is 0.325 e. The average molecular weight is 247 g/mol. The van der Waals surface area contributed by atoms with Crippen molar-refractivity contribution in [2.75, 3.05) is 0 Å². The monoisotopic (exact) mass is 247 g/mol. The van der Waals surface area contributed by atoms with E-state index in [1.807, 2.05) is 12.1 Å². The van der Waals surface area contributed by atoms with Crippen LogP contribution in [0.5, 0.6) is 0 Å². The van der Waals surface area contributed by atoms with Crippen LogP contribution in [0.2, 0.25) is 0 Å². The normalized spacial score (nSPS) is 12.3. The molecule has 0 aliphatic heterocycles. The molecule has 0 aliphatic rings. The van der Waals surface area contributed by atoms with Crippen molar-refractivity contribution < 1.29 is 15.0 Å². The Morgan fingerprint density at radius 1 is 1.39 bits per heavy atom. The molecule has 6 nitrogen and oxygen atoms in total. The minimum atomic E-state index is -0.962. The van der Waals surface area contributed by atoms with Crippen molar-refractivity contribution in [2.45, 2.75) is 19.6 Å². The number of carboxylic acid groups (broad SMARTS) is 1. The maximum absolute atomic E-state index is 10.5. The van der Waals surface area contributed by atoms with Crippen molar-refractivity contribution in [1.82, 2.24) is 15.0 Å². The van der Waals surface area contributed by atoms with Crippen LogP contribution in [-0.4, -0.2) is 31.2 Å². The summed E-state index contributed by atoms with van der Waals surface area (Å²) in [6, 6.07) is 7.24. The Balaban J connectivity index is 2.20. The molecule has 0 saturated heterocycles. The molecule has 2 aromatic rings. The zero-order valence-corrected chi connectivity index (χ0v) is 9.82. The molecule has 1 atom stereocenters. The van der Waals surface area contributed by atoms with E-state index in [4.69, 9.17) is 5.11 Å². The van der Waals surface area contributed by atoms with E-state index in [0.29, 0.717) is 5.69 Å². The number of carboxylic acids is 1. The highest BCUT2D eigenvalue weighted by molar-refractivity contribution is 5.66. The number of rotatable bonds is 4. The third kappa shape index (κ3) is 2.72. The van der Waals surface area contributed by atoms with Gasteiger partial charge in [-0.2, -0.15) is 0 Å². The van der Waals surface area contributed by atoms with Crippen molar-refractivity contribution in [3.05, 3.63) is 36.0 Å². The summed E-state index contributed by atoms with van der Waals surface area (Å²) in [7, 11) is 0. The van der Waals surface area contributed by atoms with Crippen LogP contribution in [0, 0.1) is 0 Å². The largest absolute Gasteiger partial charge is 0.480 e. The molecule has 1 aromatic carbocycles. The van der Waals surface area contributed by atoms with Crippen LogP contribution < -0.4 is 0 Å². The van der Waals surface area contributed by atoms with E-state index in [2.05, 4.69) is 10.3 Å². The number of nitrogens with zero attached hydrogens (tertiary/aromatic N) is 3. The van der Waals surface area contributed by atoms with Gasteiger partial charge >= 0.3 is 5.97 Å². The molecule has 0 saturated carbocycles. The van der Waals surface area contributed by atoms with E-state index in [1.54, 1.807) is 25.3 Å². The second-order valence-electron chi connectivity index (χ2n) is 3.99. The first kappa shape index (κ1) is 12.3. The molecule has 94 valence electrons. The zero-order valence-electron chi connectivity index (χ0n) is 9.82. The Hall–Kier alpha value is -2.21. The molecule has 0 aliphatic carbocycles. The van der Waals surface area contributed by atoms with Crippen molar-refractivity contribution in [3.63, 3.8) is 0 Å². The fourth-order valence-corrected chi connectivity index (χ4v) is 1.58. The molecule has 2 rings (SSSR count). The Labute approximate surface area is 103 Å². The molecular formula is C12H13N3O3. The van der Waals surface area contributed by atoms with Gasteiger partial charge in [0, 0.05) is 5.56 Å². The Bertz CT molecular complexity index is 546. The van der Waals surface area contributed by atoms with Crippen LogP contribution in [0.1, 0.15) is 18.6 Å². The lowest BCUT2D eigenvalue weighted by atomic mass is 10.1. The number of aliphatic hydroxyl groups excluding tert-OH is 1. The molecule has 1 heterocycles. The standard InChI is InChI=1S/C12H13N3O3/c1-8(16)9-2-4-10(5-3-9)11-6-15(14-13-11)7-12(17)18/h2-6,8,16H,7H2,1H3,(H,17,18). The first-order chi connectivity index (χ1) is 8.56. The van der Waals surface area contributed by atoms with E-state index in [0.717, 1.165) is 11.1 Å². The quantitative estimate of drug-likeness (QED) is 0.844. The topological polar surface area (TPSA) is 88.2 Å². The van der Waals surface area contributed by atoms with E-state index in [1.165, 1.54) is 4.68 Å². The summed E-state index contributed by atoms with van der Waals surface area (Å²) < 4.78 is 1.26. The number of aliphatic hydroxyl groups is 1. The van der Waals surface area contributed by atoms with Gasteiger partial charge in [-0.1, -0.05) is 29.5 Å². The second kappa shape index (κ2) is 4.97. The highest BCUT2D eigenvalue weighted by Gasteiger charge is 2.07. The predicted octanol–water partition coefficient (Wildman–Crippen LogP) is 1.08. The Morgan fingerprint density at radius 2 is 2.06 bits per heavy atom. The fraction of sp³-hybridized carbons (Fsp3) is 0.250. The van der Waals surface area contributed by atoms with E-state index < -0.39 is 12.1 Å². The van der Waals surface area contributed by atoms with Crippen molar-refractivity contribution >= 4 is 5.97 Å². The van der Waals surface area contributed by atoms with Crippen LogP contribution in [0.3, 0.4) is 0 Å². The third-order valence-electron chi connectivity index (χ3n) is 2.52. The molecule has 0 spiro atoms. The summed E-state index contributed by atoms with van der Waals surface area (Å²) in [6.07, 6.45) is 1.06. The first-order valence-electron chi connectivity index (χ1n) is 5.46. The van der Waals surface area contributed by atoms with Gasteiger partial charge in [-0.15, -0.1) is 5.10 Å². The van der Waals surface area contributed by atoms with E-state index in [-0.39, 0.29) is 6.54 Å². The number of carbonyl (C=O) groups is 1. The van der Waals surface area contributed by atoms with Crippen LogP contribution in [-0.2, 0) is 11.3 Å². The number of hydrogen-bond acceptors (Lipinski definition) is 4. The predicted molar refractivity (Wildman–Crippen MR) is 63.7 cm³/mol. The molecule has 1 aromatic heterocycles. The van der Waals surface area contributed by atoms with Gasteiger partial charge in [-0.25, -0.2) is 4.68 Å². The van der Waals surface area contributed by atoms with E-state index in [9.17, 15) is 9.90 Å². The first-order valence-corrected chi connectivity index (χ1v) is 5.46. The molecule has 0 fully saturated rings. The van der Waals surface area contributed by atoms with Crippen molar-refractivity contribution in [3.8, 4) is 11.3 Å². The molecular weight excluding hydrogens is 234 g/mol. The summed E-state index contributed by atoms with van der Waals surface area (Å²) in [4.78, 5) is 10.5. The molecule has 0 radical (unpaired) electrons. The van der Waals surface area contributed by atoms with Gasteiger partial charge < -0.3 is 10.2 Å². The van der Waals surface area contributed by atoms with Gasteiger partial charge in [0.05, 0.1) is 12.3 Å². The summed E-state index contributed by atoms with van der Waals surface area (Å²) >= 11 is 0. The fourth-order valence-electron chi connectivity index (χ4n) is 1.58. The van der Waals surface area contributed by atoms with Crippen LogP contribution >= 0.6 is 0 Å². The minimum absolute atomic E-state index is 0.210. The maximum atomic E-state index is 10.5. The molecule has 1 unspecified atom stereocenters. The SMILES string of the molecule is CC(O)c1ccc(-c2cn(CC(=O)O)nn2)cc1. The zero-order chi connectivity index (χ0) is 13.1. The third-order valence-corrected chi connectivity index (χ3v) is 2.52. The van der Waals surface area contributed by atoms with Crippen molar-refractivity contribution in [2.24, 2.45) is 0 Å². The van der Waals surface area contributed by atoms with Crippen molar-refractivity contribution in [1.29, 1.82) is 0 Å². The number of aromatic nitrogens is 3. The van der Waals surface area contributed by atoms with Gasteiger partial charge in [0.25, 0.3) is 0 Å². The van der Waals surface area contributed by atoms with Crippen LogP contribution in [0.4, 0.5) is 0 Å². The van der Waals surface area contributed by atoms with Gasteiger partial charge in [-0.05, 0) is 12.5 Å². The minimum Gasteiger partial charge on any atom is -0.480 e. The van der Waals surface area contributed by atoms with Gasteiger partial charge in [0.1, 0.15) is 12.2 Å². The summed E-state index contributed by atoms with van der Waals surface area (Å²) in [6.45, 7) is 1.48. The van der Waals surface area contributed by atoms with E-state index >= 15 is 0 Å². The highest BCUT2D eigenvalue weighted by atomic mass is 16.4. The van der Waals surface area contributed by atoms with Gasteiger partial charge in [0.15, 0.2) is 0 Å². The maximum Gasteiger partial charge on any atom is 0.325 e. The van der Waals surface area contributed by atoms with Gasteiger partial charge in [-0.3, -0.25) is 4.79 Å². The second-order valence-corrected chi connectivity index (χ2v) is 3.99. The number of aliphatic carboxylic acids is 1. The lowest BCUT2D eigenvalue weighted by Crippen LogP contribution is -2.08. The average Bonchev–Trinajstić information content (AvgIpc) is 2.76. The molecule has 6 heteroatoms. The summed E-state index contributed by atoms with van der Waals surface area (Å²) in [5, 5.41) is 25.6. The lowest BCUT2D eigenvalue weighted by molar-refractivity contribution is -0.137.